The average molecular weight is 289 g/mol. The quantitative estimate of drug-likeness (QED) is 0.857. The number of anilines is 1. The molecule has 1 aliphatic heterocycles. The zero-order valence-corrected chi connectivity index (χ0v) is 11.3. The molecule has 1 aliphatic rings. The van der Waals surface area contributed by atoms with Crippen LogP contribution in [0.4, 0.5) is 9.93 Å². The number of hydrogen-bond acceptors (Lipinski definition) is 5. The highest BCUT2D eigenvalue weighted by atomic mass is 32.1. The van der Waals surface area contributed by atoms with Crippen molar-refractivity contribution in [1.82, 2.24) is 10.3 Å². The zero-order chi connectivity index (χ0) is 14.1. The molecular formula is C13H11N3O3S. The lowest BCUT2D eigenvalue weighted by atomic mass is 10.2. The molecule has 0 bridgehead atoms. The molecule has 2 heterocycles. The Bertz CT molecular complexity index is 710. The Morgan fingerprint density at radius 2 is 2.20 bits per heavy atom. The maximum Gasteiger partial charge on any atom is 0.330 e. The standard InChI is InChI=1S/C13H11N3O3S/c17-7-8-3-4-9-10(6-8)20-13(14-9)16-5-1-2-11(18)15-12(16)19/h3-4,6-7H,1-2,5H2,(H,15,18,19). The van der Waals surface area contributed by atoms with E-state index in [4.69, 9.17) is 0 Å². The van der Waals surface area contributed by atoms with E-state index in [9.17, 15) is 14.4 Å². The summed E-state index contributed by atoms with van der Waals surface area (Å²) in [4.78, 5) is 39.9. The molecule has 1 aromatic carbocycles. The van der Waals surface area contributed by atoms with E-state index in [2.05, 4.69) is 10.3 Å². The van der Waals surface area contributed by atoms with Crippen molar-refractivity contribution in [3.8, 4) is 0 Å². The molecule has 20 heavy (non-hydrogen) atoms. The number of benzene rings is 1. The number of aromatic nitrogens is 1. The summed E-state index contributed by atoms with van der Waals surface area (Å²) in [6, 6.07) is 4.73. The maximum atomic E-state index is 11.9. The topological polar surface area (TPSA) is 79.4 Å². The van der Waals surface area contributed by atoms with E-state index in [-0.39, 0.29) is 5.91 Å². The number of carbonyl (C=O) groups is 3. The van der Waals surface area contributed by atoms with Crippen LogP contribution >= 0.6 is 11.3 Å². The number of nitrogens with zero attached hydrogens (tertiary/aromatic N) is 2. The molecule has 1 N–H and O–H groups in total. The van der Waals surface area contributed by atoms with Crippen LogP contribution in [-0.4, -0.2) is 29.8 Å². The number of imide groups is 1. The van der Waals surface area contributed by atoms with Crippen LogP contribution < -0.4 is 10.2 Å². The first kappa shape index (κ1) is 12.7. The predicted molar refractivity (Wildman–Crippen MR) is 75.1 cm³/mol. The Balaban J connectivity index is 1.98. The van der Waals surface area contributed by atoms with E-state index in [0.717, 1.165) is 16.5 Å². The Morgan fingerprint density at radius 1 is 1.35 bits per heavy atom. The van der Waals surface area contributed by atoms with E-state index < -0.39 is 6.03 Å². The van der Waals surface area contributed by atoms with Gasteiger partial charge >= 0.3 is 6.03 Å². The van der Waals surface area contributed by atoms with Crippen molar-refractivity contribution in [2.45, 2.75) is 12.8 Å². The Hall–Kier alpha value is -2.28. The van der Waals surface area contributed by atoms with Crippen LogP contribution in [0.2, 0.25) is 0 Å². The average Bonchev–Trinajstić information content (AvgIpc) is 2.77. The summed E-state index contributed by atoms with van der Waals surface area (Å²) in [6.45, 7) is 0.456. The van der Waals surface area contributed by atoms with Crippen molar-refractivity contribution < 1.29 is 14.4 Å². The molecule has 3 rings (SSSR count). The van der Waals surface area contributed by atoms with Gasteiger partial charge in [-0.25, -0.2) is 9.78 Å². The summed E-state index contributed by atoms with van der Waals surface area (Å²) < 4.78 is 0.841. The van der Waals surface area contributed by atoms with Gasteiger partial charge in [0.1, 0.15) is 6.29 Å². The van der Waals surface area contributed by atoms with Gasteiger partial charge in [-0.1, -0.05) is 11.3 Å². The second-order valence-corrected chi connectivity index (χ2v) is 5.46. The van der Waals surface area contributed by atoms with Crippen molar-refractivity contribution in [2.24, 2.45) is 0 Å². The van der Waals surface area contributed by atoms with Gasteiger partial charge in [0.2, 0.25) is 5.91 Å². The van der Waals surface area contributed by atoms with Gasteiger partial charge in [0.15, 0.2) is 5.13 Å². The molecule has 1 aromatic heterocycles. The number of fused-ring (bicyclic) bond motifs is 1. The molecule has 1 fully saturated rings. The van der Waals surface area contributed by atoms with E-state index in [1.165, 1.54) is 16.2 Å². The lowest BCUT2D eigenvalue weighted by Gasteiger charge is -2.15. The number of carbonyl (C=O) groups excluding carboxylic acids is 3. The number of rotatable bonds is 2. The molecule has 0 aliphatic carbocycles. The third-order valence-corrected chi connectivity index (χ3v) is 4.09. The summed E-state index contributed by atoms with van der Waals surface area (Å²) in [5, 5.41) is 2.85. The van der Waals surface area contributed by atoms with Crippen LogP contribution in [0.25, 0.3) is 10.2 Å². The first-order valence-corrected chi connectivity index (χ1v) is 6.96. The van der Waals surface area contributed by atoms with Gasteiger partial charge in [-0.15, -0.1) is 0 Å². The van der Waals surface area contributed by atoms with Gasteiger partial charge in [0.05, 0.1) is 10.2 Å². The Morgan fingerprint density at radius 3 is 3.00 bits per heavy atom. The van der Waals surface area contributed by atoms with Gasteiger partial charge in [-0.2, -0.15) is 0 Å². The number of thiazole rings is 1. The first-order chi connectivity index (χ1) is 9.67. The van der Waals surface area contributed by atoms with Gasteiger partial charge in [-0.05, 0) is 24.6 Å². The maximum absolute atomic E-state index is 11.9. The fourth-order valence-electron chi connectivity index (χ4n) is 2.05. The zero-order valence-electron chi connectivity index (χ0n) is 10.5. The number of nitrogens with one attached hydrogen (secondary N) is 1. The molecule has 7 heteroatoms. The van der Waals surface area contributed by atoms with Crippen molar-refractivity contribution in [3.63, 3.8) is 0 Å². The monoisotopic (exact) mass is 289 g/mol. The minimum absolute atomic E-state index is 0.262. The van der Waals surface area contributed by atoms with Crippen LogP contribution in [0.3, 0.4) is 0 Å². The number of aldehydes is 1. The minimum atomic E-state index is -0.442. The molecule has 2 aromatic rings. The summed E-state index contributed by atoms with van der Waals surface area (Å²) >= 11 is 1.33. The van der Waals surface area contributed by atoms with Gasteiger partial charge in [0.25, 0.3) is 0 Å². The minimum Gasteiger partial charge on any atom is -0.298 e. The van der Waals surface area contributed by atoms with Crippen LogP contribution in [0.5, 0.6) is 0 Å². The highest BCUT2D eigenvalue weighted by molar-refractivity contribution is 7.22. The Labute approximate surface area is 118 Å². The summed E-state index contributed by atoms with van der Waals surface area (Å²) in [5.41, 5.74) is 1.31. The fraction of sp³-hybridized carbons (Fsp3) is 0.231. The second-order valence-electron chi connectivity index (χ2n) is 4.45. The van der Waals surface area contributed by atoms with E-state index in [0.29, 0.717) is 30.1 Å². The molecule has 0 radical (unpaired) electrons. The SMILES string of the molecule is O=Cc1ccc2nc(N3CCCC(=O)NC3=O)sc2c1. The van der Waals surface area contributed by atoms with Crippen molar-refractivity contribution >= 4 is 44.9 Å². The molecule has 0 atom stereocenters. The molecule has 0 unspecified atom stereocenters. The number of amides is 3. The smallest absolute Gasteiger partial charge is 0.298 e. The van der Waals surface area contributed by atoms with E-state index in [1.807, 2.05) is 0 Å². The highest BCUT2D eigenvalue weighted by Gasteiger charge is 2.24. The lowest BCUT2D eigenvalue weighted by Crippen LogP contribution is -2.40. The highest BCUT2D eigenvalue weighted by Crippen LogP contribution is 2.30. The van der Waals surface area contributed by atoms with Crippen LogP contribution in [0.15, 0.2) is 18.2 Å². The number of urea groups is 1. The van der Waals surface area contributed by atoms with Gasteiger partial charge in [-0.3, -0.25) is 19.8 Å². The predicted octanol–water partition coefficient (Wildman–Crippen LogP) is 1.95. The normalized spacial score (nSPS) is 16.1. The van der Waals surface area contributed by atoms with Crippen molar-refractivity contribution in [2.75, 3.05) is 11.4 Å². The third-order valence-electron chi connectivity index (χ3n) is 3.05. The number of hydrogen-bond donors (Lipinski definition) is 1. The molecule has 6 nitrogen and oxygen atoms in total. The summed E-state index contributed by atoms with van der Waals surface area (Å²) in [6.07, 6.45) is 1.71. The van der Waals surface area contributed by atoms with Gasteiger partial charge < -0.3 is 0 Å². The first-order valence-electron chi connectivity index (χ1n) is 6.14. The molecule has 0 spiro atoms. The van der Waals surface area contributed by atoms with E-state index >= 15 is 0 Å². The third kappa shape index (κ3) is 2.27. The summed E-state index contributed by atoms with van der Waals surface area (Å²) in [5.74, 6) is -0.262. The van der Waals surface area contributed by atoms with Gasteiger partial charge in [0, 0.05) is 18.5 Å². The fourth-order valence-corrected chi connectivity index (χ4v) is 3.09. The molecule has 102 valence electrons. The van der Waals surface area contributed by atoms with Crippen LogP contribution in [0.1, 0.15) is 23.2 Å². The molecule has 3 amide bonds. The largest absolute Gasteiger partial charge is 0.330 e. The van der Waals surface area contributed by atoms with Crippen LogP contribution in [-0.2, 0) is 4.79 Å². The lowest BCUT2D eigenvalue weighted by molar-refractivity contribution is -0.119. The molecule has 1 saturated heterocycles. The summed E-state index contributed by atoms with van der Waals surface area (Å²) in [7, 11) is 0. The van der Waals surface area contributed by atoms with E-state index in [1.54, 1.807) is 18.2 Å². The molecule has 0 saturated carbocycles. The molecular weight excluding hydrogens is 278 g/mol. The van der Waals surface area contributed by atoms with Crippen molar-refractivity contribution in [3.05, 3.63) is 23.8 Å². The van der Waals surface area contributed by atoms with Crippen LogP contribution in [0, 0.1) is 0 Å². The van der Waals surface area contributed by atoms with Crippen molar-refractivity contribution in [1.29, 1.82) is 0 Å². The second kappa shape index (κ2) is 5.01. The Kier molecular flexibility index (Phi) is 3.19.